The van der Waals surface area contributed by atoms with E-state index in [1.54, 1.807) is 44.2 Å². The first-order valence-corrected chi connectivity index (χ1v) is 10.3. The van der Waals surface area contributed by atoms with Crippen molar-refractivity contribution in [1.29, 1.82) is 0 Å². The highest BCUT2D eigenvalue weighted by Crippen LogP contribution is 2.25. The van der Waals surface area contributed by atoms with E-state index in [0.29, 0.717) is 34.4 Å². The Bertz CT molecular complexity index is 877. The van der Waals surface area contributed by atoms with Gasteiger partial charge in [-0.15, -0.1) is 0 Å². The molecule has 5 nitrogen and oxygen atoms in total. The number of nitrogens with zero attached hydrogens (tertiary/aromatic N) is 1. The van der Waals surface area contributed by atoms with Gasteiger partial charge >= 0.3 is 0 Å². The van der Waals surface area contributed by atoms with Gasteiger partial charge < -0.3 is 5.32 Å². The summed E-state index contributed by atoms with van der Waals surface area (Å²) in [6.07, 6.45) is -0.00840. The Labute approximate surface area is 164 Å². The summed E-state index contributed by atoms with van der Waals surface area (Å²) in [4.78, 5) is 12.4. The molecular formula is C18H20Cl2N2O3S. The Hall–Kier alpha value is -1.60. The monoisotopic (exact) mass is 414 g/mol. The molecular weight excluding hydrogens is 395 g/mol. The molecule has 0 atom stereocenters. The number of hydrogen-bond acceptors (Lipinski definition) is 3. The van der Waals surface area contributed by atoms with Crippen LogP contribution in [0.15, 0.2) is 47.4 Å². The number of amides is 1. The molecule has 0 unspecified atom stereocenters. The van der Waals surface area contributed by atoms with Gasteiger partial charge in [0.25, 0.3) is 0 Å². The molecule has 0 aliphatic carbocycles. The van der Waals surface area contributed by atoms with E-state index in [4.69, 9.17) is 23.2 Å². The fraction of sp³-hybridized carbons (Fsp3) is 0.278. The van der Waals surface area contributed by atoms with Gasteiger partial charge in [-0.25, -0.2) is 8.42 Å². The Morgan fingerprint density at radius 3 is 2.19 bits per heavy atom. The molecule has 2 aromatic carbocycles. The minimum Gasteiger partial charge on any atom is -0.326 e. The van der Waals surface area contributed by atoms with Crippen molar-refractivity contribution in [1.82, 2.24) is 4.31 Å². The summed E-state index contributed by atoms with van der Waals surface area (Å²) >= 11 is 12.2. The largest absolute Gasteiger partial charge is 0.326 e. The van der Waals surface area contributed by atoms with E-state index in [1.165, 1.54) is 16.4 Å². The number of sulfonamides is 1. The van der Waals surface area contributed by atoms with E-state index in [0.717, 1.165) is 0 Å². The molecule has 0 aliphatic rings. The maximum absolute atomic E-state index is 12.6. The summed E-state index contributed by atoms with van der Waals surface area (Å²) in [6, 6.07) is 11.2. The number of carbonyl (C=O) groups is 1. The summed E-state index contributed by atoms with van der Waals surface area (Å²) in [5.41, 5.74) is 0.923. The van der Waals surface area contributed by atoms with Crippen molar-refractivity contribution in [3.8, 4) is 0 Å². The SMILES string of the molecule is CCN(CC)S(=O)(=O)c1cccc(NC(=O)Cc2c(Cl)cccc2Cl)c1. The number of halogens is 2. The molecule has 0 aromatic heterocycles. The van der Waals surface area contributed by atoms with Crippen molar-refractivity contribution in [2.24, 2.45) is 0 Å². The summed E-state index contributed by atoms with van der Waals surface area (Å²) in [5, 5.41) is 3.51. The van der Waals surface area contributed by atoms with Crippen molar-refractivity contribution in [3.05, 3.63) is 58.1 Å². The first kappa shape index (κ1) is 20.7. The molecule has 0 radical (unpaired) electrons. The van der Waals surface area contributed by atoms with Gasteiger partial charge in [0.05, 0.1) is 11.3 Å². The molecule has 0 saturated carbocycles. The van der Waals surface area contributed by atoms with Crippen LogP contribution < -0.4 is 5.32 Å². The van der Waals surface area contributed by atoms with Crippen molar-refractivity contribution in [2.75, 3.05) is 18.4 Å². The standard InChI is InChI=1S/C18H20Cl2N2O3S/c1-3-22(4-2)26(24,25)14-8-5-7-13(11-14)21-18(23)12-15-16(19)9-6-10-17(15)20/h5-11H,3-4,12H2,1-2H3,(H,21,23). The van der Waals surface area contributed by atoms with Crippen molar-refractivity contribution >= 4 is 44.8 Å². The second-order valence-corrected chi connectivity index (χ2v) is 8.29. The Morgan fingerprint density at radius 2 is 1.62 bits per heavy atom. The molecule has 1 amide bonds. The van der Waals surface area contributed by atoms with Crippen LogP contribution in [0.4, 0.5) is 5.69 Å². The summed E-state index contributed by atoms with van der Waals surface area (Å²) in [7, 11) is -3.59. The van der Waals surface area contributed by atoms with Crippen LogP contribution in [0.25, 0.3) is 0 Å². The fourth-order valence-corrected chi connectivity index (χ4v) is 4.55. The van der Waals surface area contributed by atoms with E-state index in [2.05, 4.69) is 5.32 Å². The predicted octanol–water partition coefficient (Wildman–Crippen LogP) is 4.21. The highest BCUT2D eigenvalue weighted by Gasteiger charge is 2.22. The Morgan fingerprint density at radius 1 is 1.04 bits per heavy atom. The second-order valence-electron chi connectivity index (χ2n) is 5.54. The van der Waals surface area contributed by atoms with Crippen LogP contribution in [0.5, 0.6) is 0 Å². The van der Waals surface area contributed by atoms with Gasteiger partial charge in [0.1, 0.15) is 0 Å². The molecule has 0 heterocycles. The van der Waals surface area contributed by atoms with Gasteiger partial charge in [0.15, 0.2) is 0 Å². The van der Waals surface area contributed by atoms with E-state index in [1.807, 2.05) is 0 Å². The quantitative estimate of drug-likeness (QED) is 0.737. The average Bonchev–Trinajstić information content (AvgIpc) is 2.59. The van der Waals surface area contributed by atoms with Gasteiger partial charge in [-0.2, -0.15) is 4.31 Å². The van der Waals surface area contributed by atoms with Gasteiger partial charge in [-0.05, 0) is 35.9 Å². The molecule has 0 bridgehead atoms. The van der Waals surface area contributed by atoms with Crippen molar-refractivity contribution < 1.29 is 13.2 Å². The van der Waals surface area contributed by atoms with E-state index < -0.39 is 10.0 Å². The van der Waals surface area contributed by atoms with Gasteiger partial charge in [0, 0.05) is 28.8 Å². The van der Waals surface area contributed by atoms with Crippen LogP contribution in [0.3, 0.4) is 0 Å². The molecule has 0 aliphatic heterocycles. The summed E-state index contributed by atoms with van der Waals surface area (Å²) in [5.74, 6) is -0.336. The zero-order valence-electron chi connectivity index (χ0n) is 14.5. The minimum atomic E-state index is -3.59. The predicted molar refractivity (Wildman–Crippen MR) is 105 cm³/mol. The number of nitrogens with one attached hydrogen (secondary N) is 1. The van der Waals surface area contributed by atoms with E-state index >= 15 is 0 Å². The normalized spacial score (nSPS) is 11.6. The number of carbonyl (C=O) groups excluding carboxylic acids is 1. The second kappa shape index (κ2) is 8.86. The van der Waals surface area contributed by atoms with Crippen LogP contribution in [0.1, 0.15) is 19.4 Å². The number of anilines is 1. The molecule has 0 spiro atoms. The van der Waals surface area contributed by atoms with E-state index in [-0.39, 0.29) is 17.2 Å². The topological polar surface area (TPSA) is 66.5 Å². The first-order chi connectivity index (χ1) is 12.3. The molecule has 26 heavy (non-hydrogen) atoms. The third-order valence-electron chi connectivity index (χ3n) is 3.86. The van der Waals surface area contributed by atoms with Crippen LogP contribution in [-0.4, -0.2) is 31.7 Å². The molecule has 0 saturated heterocycles. The van der Waals surface area contributed by atoms with Gasteiger partial charge in [-0.3, -0.25) is 4.79 Å². The number of hydrogen-bond donors (Lipinski definition) is 1. The highest BCUT2D eigenvalue weighted by atomic mass is 35.5. The molecule has 0 fully saturated rings. The van der Waals surface area contributed by atoms with Crippen LogP contribution in [0.2, 0.25) is 10.0 Å². The summed E-state index contributed by atoms with van der Waals surface area (Å²) < 4.78 is 26.5. The highest BCUT2D eigenvalue weighted by molar-refractivity contribution is 7.89. The zero-order valence-corrected chi connectivity index (χ0v) is 16.8. The van der Waals surface area contributed by atoms with Gasteiger partial charge in [-0.1, -0.05) is 49.2 Å². The zero-order chi connectivity index (χ0) is 19.3. The minimum absolute atomic E-state index is 0.00840. The van der Waals surface area contributed by atoms with Crippen molar-refractivity contribution in [3.63, 3.8) is 0 Å². The fourth-order valence-electron chi connectivity index (χ4n) is 2.51. The smallest absolute Gasteiger partial charge is 0.243 e. The third-order valence-corrected chi connectivity index (χ3v) is 6.61. The molecule has 140 valence electrons. The Balaban J connectivity index is 2.20. The lowest BCUT2D eigenvalue weighted by Gasteiger charge is -2.19. The van der Waals surface area contributed by atoms with Gasteiger partial charge in [0.2, 0.25) is 15.9 Å². The maximum atomic E-state index is 12.6. The lowest BCUT2D eigenvalue weighted by atomic mass is 10.1. The number of benzene rings is 2. The van der Waals surface area contributed by atoms with Crippen LogP contribution in [0, 0.1) is 0 Å². The third kappa shape index (κ3) is 4.76. The molecule has 1 N–H and O–H groups in total. The maximum Gasteiger partial charge on any atom is 0.243 e. The van der Waals surface area contributed by atoms with E-state index in [9.17, 15) is 13.2 Å². The Kier molecular flexibility index (Phi) is 7.06. The van der Waals surface area contributed by atoms with Crippen molar-refractivity contribution in [2.45, 2.75) is 25.2 Å². The average molecular weight is 415 g/mol. The number of rotatable bonds is 7. The lowest BCUT2D eigenvalue weighted by molar-refractivity contribution is -0.115. The van der Waals surface area contributed by atoms with Crippen LogP contribution in [-0.2, 0) is 21.2 Å². The van der Waals surface area contributed by atoms with Crippen LogP contribution >= 0.6 is 23.2 Å². The molecule has 2 aromatic rings. The lowest BCUT2D eigenvalue weighted by Crippen LogP contribution is -2.30. The molecule has 2 rings (SSSR count). The summed E-state index contributed by atoms with van der Waals surface area (Å²) in [6.45, 7) is 4.31. The first-order valence-electron chi connectivity index (χ1n) is 8.12. The molecule has 8 heteroatoms.